The van der Waals surface area contributed by atoms with E-state index in [9.17, 15) is 14.7 Å². The van der Waals surface area contributed by atoms with E-state index in [4.69, 9.17) is 4.42 Å². The van der Waals surface area contributed by atoms with Crippen LogP contribution in [0.2, 0.25) is 0 Å². The lowest BCUT2D eigenvalue weighted by Gasteiger charge is -2.06. The second-order valence-electron chi connectivity index (χ2n) is 5.72. The Morgan fingerprint density at radius 3 is 2.00 bits per heavy atom. The fourth-order valence-electron chi connectivity index (χ4n) is 2.40. The summed E-state index contributed by atoms with van der Waals surface area (Å²) in [6.45, 7) is 3.84. The average Bonchev–Trinajstić information content (AvgIpc) is 2.55. The van der Waals surface area contributed by atoms with Gasteiger partial charge in [0.1, 0.15) is 17.1 Å². The standard InChI is InChI=1S/C20H16O4/c1-12-3-7-14(8-4-12)17-11-16(21)18(20(23)24-17)19(22)15-9-5-13(2)6-10-15/h3-11,21H,1-2H3. The minimum absolute atomic E-state index is 0.220. The third-order valence-electron chi connectivity index (χ3n) is 3.81. The van der Waals surface area contributed by atoms with E-state index in [2.05, 4.69) is 0 Å². The van der Waals surface area contributed by atoms with Gasteiger partial charge in [0.05, 0.1) is 0 Å². The highest BCUT2D eigenvalue weighted by atomic mass is 16.4. The van der Waals surface area contributed by atoms with Crippen molar-refractivity contribution >= 4 is 5.78 Å². The van der Waals surface area contributed by atoms with Crippen LogP contribution in [0.3, 0.4) is 0 Å². The highest BCUT2D eigenvalue weighted by molar-refractivity contribution is 6.10. The molecule has 0 fully saturated rings. The van der Waals surface area contributed by atoms with Crippen LogP contribution in [0.25, 0.3) is 11.3 Å². The summed E-state index contributed by atoms with van der Waals surface area (Å²) in [6.07, 6.45) is 0. The van der Waals surface area contributed by atoms with Gasteiger partial charge in [-0.15, -0.1) is 0 Å². The second-order valence-corrected chi connectivity index (χ2v) is 5.72. The Hall–Kier alpha value is -3.14. The first-order valence-electron chi connectivity index (χ1n) is 7.51. The van der Waals surface area contributed by atoms with E-state index in [1.807, 2.05) is 26.0 Å². The van der Waals surface area contributed by atoms with Gasteiger partial charge in [-0.2, -0.15) is 0 Å². The van der Waals surface area contributed by atoms with E-state index >= 15 is 0 Å². The highest BCUT2D eigenvalue weighted by Crippen LogP contribution is 2.25. The first kappa shape index (κ1) is 15.7. The van der Waals surface area contributed by atoms with Crippen molar-refractivity contribution in [1.82, 2.24) is 0 Å². The molecule has 1 heterocycles. The van der Waals surface area contributed by atoms with E-state index in [1.54, 1.807) is 36.4 Å². The van der Waals surface area contributed by atoms with Crippen molar-refractivity contribution in [2.75, 3.05) is 0 Å². The SMILES string of the molecule is Cc1ccc(C(=O)c2c(O)cc(-c3ccc(C)cc3)oc2=O)cc1. The van der Waals surface area contributed by atoms with Gasteiger partial charge >= 0.3 is 5.63 Å². The molecular weight excluding hydrogens is 304 g/mol. The first-order chi connectivity index (χ1) is 11.5. The van der Waals surface area contributed by atoms with Crippen molar-refractivity contribution in [2.45, 2.75) is 13.8 Å². The van der Waals surface area contributed by atoms with Gasteiger partial charge in [0.25, 0.3) is 0 Å². The van der Waals surface area contributed by atoms with E-state index in [1.165, 1.54) is 6.07 Å². The smallest absolute Gasteiger partial charge is 0.351 e. The summed E-state index contributed by atoms with van der Waals surface area (Å²) >= 11 is 0. The van der Waals surface area contributed by atoms with Crippen LogP contribution in [0.15, 0.2) is 63.8 Å². The van der Waals surface area contributed by atoms with Crippen LogP contribution in [0.5, 0.6) is 5.75 Å². The zero-order valence-corrected chi connectivity index (χ0v) is 13.4. The maximum atomic E-state index is 12.5. The van der Waals surface area contributed by atoms with Crippen LogP contribution < -0.4 is 5.63 Å². The molecule has 0 unspecified atom stereocenters. The molecule has 0 saturated heterocycles. The number of carbonyl (C=O) groups excluding carboxylic acids is 1. The largest absolute Gasteiger partial charge is 0.507 e. The third kappa shape index (κ3) is 2.99. The van der Waals surface area contributed by atoms with Gasteiger partial charge in [0.15, 0.2) is 0 Å². The number of carbonyl (C=O) groups is 1. The fraction of sp³-hybridized carbons (Fsp3) is 0.100. The molecule has 0 bridgehead atoms. The van der Waals surface area contributed by atoms with Gasteiger partial charge in [-0.05, 0) is 13.8 Å². The molecule has 24 heavy (non-hydrogen) atoms. The summed E-state index contributed by atoms with van der Waals surface area (Å²) < 4.78 is 5.25. The van der Waals surface area contributed by atoms with Gasteiger partial charge in [-0.3, -0.25) is 4.79 Å². The number of benzene rings is 2. The molecule has 0 atom stereocenters. The summed E-state index contributed by atoms with van der Waals surface area (Å²) in [7, 11) is 0. The monoisotopic (exact) mass is 320 g/mol. The number of hydrogen-bond donors (Lipinski definition) is 1. The third-order valence-corrected chi connectivity index (χ3v) is 3.81. The molecule has 0 aliphatic carbocycles. The Morgan fingerprint density at radius 2 is 1.46 bits per heavy atom. The van der Waals surface area contributed by atoms with Crippen LogP contribution in [-0.4, -0.2) is 10.9 Å². The molecular formula is C20H16O4. The molecule has 2 aromatic carbocycles. The number of aryl methyl sites for hydroxylation is 2. The molecule has 0 amide bonds. The minimum atomic E-state index is -0.851. The van der Waals surface area contributed by atoms with Crippen LogP contribution in [0.4, 0.5) is 0 Å². The van der Waals surface area contributed by atoms with Gasteiger partial charge in [-0.1, -0.05) is 59.7 Å². The molecule has 1 N–H and O–H groups in total. The minimum Gasteiger partial charge on any atom is -0.507 e. The number of rotatable bonds is 3. The van der Waals surface area contributed by atoms with E-state index < -0.39 is 11.4 Å². The fourth-order valence-corrected chi connectivity index (χ4v) is 2.40. The van der Waals surface area contributed by atoms with Crippen molar-refractivity contribution in [1.29, 1.82) is 0 Å². The van der Waals surface area contributed by atoms with Crippen molar-refractivity contribution < 1.29 is 14.3 Å². The summed E-state index contributed by atoms with van der Waals surface area (Å²) in [5, 5.41) is 10.2. The first-order valence-corrected chi connectivity index (χ1v) is 7.51. The molecule has 0 aliphatic rings. The Balaban J connectivity index is 2.04. The Kier molecular flexibility index (Phi) is 4.04. The predicted octanol–water partition coefficient (Wildman–Crippen LogP) is 3.86. The van der Waals surface area contributed by atoms with E-state index in [0.29, 0.717) is 11.1 Å². The Bertz CT molecular complexity index is 948. The van der Waals surface area contributed by atoms with Crippen LogP contribution >= 0.6 is 0 Å². The van der Waals surface area contributed by atoms with Crippen molar-refractivity contribution in [3.05, 3.63) is 87.3 Å². The lowest BCUT2D eigenvalue weighted by molar-refractivity contribution is 0.103. The summed E-state index contributed by atoms with van der Waals surface area (Å²) in [5.41, 5.74) is 1.84. The normalized spacial score (nSPS) is 10.6. The van der Waals surface area contributed by atoms with Gasteiger partial charge in [0.2, 0.25) is 5.78 Å². The van der Waals surface area contributed by atoms with Crippen molar-refractivity contribution in [3.8, 4) is 17.1 Å². The van der Waals surface area contributed by atoms with Crippen LogP contribution in [0, 0.1) is 13.8 Å². The van der Waals surface area contributed by atoms with Gasteiger partial charge in [-0.25, -0.2) is 4.79 Å². The average molecular weight is 320 g/mol. The Morgan fingerprint density at radius 1 is 0.917 bits per heavy atom. The summed E-state index contributed by atoms with van der Waals surface area (Å²) in [6, 6.07) is 15.4. The number of aromatic hydroxyl groups is 1. The topological polar surface area (TPSA) is 67.5 Å². The van der Waals surface area contributed by atoms with Crippen LogP contribution in [-0.2, 0) is 0 Å². The van der Waals surface area contributed by atoms with E-state index in [-0.39, 0.29) is 17.1 Å². The molecule has 0 saturated carbocycles. The predicted molar refractivity (Wildman–Crippen MR) is 91.4 cm³/mol. The van der Waals surface area contributed by atoms with Gasteiger partial charge < -0.3 is 9.52 Å². The van der Waals surface area contributed by atoms with E-state index in [0.717, 1.165) is 11.1 Å². The van der Waals surface area contributed by atoms with Crippen molar-refractivity contribution in [3.63, 3.8) is 0 Å². The van der Waals surface area contributed by atoms with Crippen LogP contribution in [0.1, 0.15) is 27.0 Å². The quantitative estimate of drug-likeness (QED) is 0.744. The van der Waals surface area contributed by atoms with Gasteiger partial charge in [0, 0.05) is 17.2 Å². The summed E-state index contributed by atoms with van der Waals surface area (Å²) in [5.74, 6) is -0.720. The Labute approximate surface area is 139 Å². The highest BCUT2D eigenvalue weighted by Gasteiger charge is 2.21. The number of hydrogen-bond acceptors (Lipinski definition) is 4. The summed E-state index contributed by atoms with van der Waals surface area (Å²) in [4.78, 5) is 24.7. The molecule has 3 rings (SSSR count). The molecule has 3 aromatic rings. The molecule has 0 aliphatic heterocycles. The number of ketones is 1. The molecule has 4 heteroatoms. The maximum Gasteiger partial charge on any atom is 0.351 e. The molecule has 1 aromatic heterocycles. The zero-order chi connectivity index (χ0) is 17.3. The molecule has 120 valence electrons. The molecule has 4 nitrogen and oxygen atoms in total. The molecule has 0 spiro atoms. The van der Waals surface area contributed by atoms with Crippen molar-refractivity contribution in [2.24, 2.45) is 0 Å². The maximum absolute atomic E-state index is 12.5. The lowest BCUT2D eigenvalue weighted by atomic mass is 10.0. The second kappa shape index (κ2) is 6.16. The molecule has 0 radical (unpaired) electrons. The zero-order valence-electron chi connectivity index (χ0n) is 13.4. The lowest BCUT2D eigenvalue weighted by Crippen LogP contribution is -2.15.